The van der Waals surface area contributed by atoms with Gasteiger partial charge in [-0.25, -0.2) is 0 Å². The normalized spacial score (nSPS) is 25.9. The Bertz CT molecular complexity index is 819. The van der Waals surface area contributed by atoms with Crippen LogP contribution in [0.3, 0.4) is 0 Å². The standard InChI is InChI=1S/C21H31N5O2/c1-4-28-10-9-26-19-8-6-5-7-18(19)20(23-26)21(27)22-15-11-16-13-24(2)14-17(12-15)25(16)3/h5-8,15-17H,4,9-14H2,1-3H3,(H,22,27). The van der Waals surface area contributed by atoms with Crippen LogP contribution in [0.1, 0.15) is 30.3 Å². The summed E-state index contributed by atoms with van der Waals surface area (Å²) in [6.07, 6.45) is 1.98. The number of rotatable bonds is 6. The molecular weight excluding hydrogens is 354 g/mol. The molecule has 2 atom stereocenters. The molecule has 4 rings (SSSR count). The van der Waals surface area contributed by atoms with Crippen LogP contribution in [0.4, 0.5) is 0 Å². The molecule has 0 radical (unpaired) electrons. The number of benzene rings is 1. The van der Waals surface area contributed by atoms with E-state index in [1.54, 1.807) is 0 Å². The number of nitrogens with one attached hydrogen (secondary N) is 1. The zero-order chi connectivity index (χ0) is 19.7. The van der Waals surface area contributed by atoms with Crippen LogP contribution in [0, 0.1) is 0 Å². The van der Waals surface area contributed by atoms with E-state index in [0.717, 1.165) is 36.8 Å². The van der Waals surface area contributed by atoms with Crippen LogP contribution in [0.2, 0.25) is 0 Å². The Hall–Kier alpha value is -1.96. The van der Waals surface area contributed by atoms with Crippen LogP contribution in [-0.2, 0) is 11.3 Å². The Labute approximate surface area is 166 Å². The van der Waals surface area contributed by atoms with Gasteiger partial charge in [-0.1, -0.05) is 18.2 Å². The molecule has 7 nitrogen and oxygen atoms in total. The highest BCUT2D eigenvalue weighted by Crippen LogP contribution is 2.27. The second kappa shape index (κ2) is 8.19. The minimum absolute atomic E-state index is 0.0626. The molecule has 7 heteroatoms. The molecule has 2 aromatic rings. The van der Waals surface area contributed by atoms with Crippen LogP contribution in [0.5, 0.6) is 0 Å². The van der Waals surface area contributed by atoms with Crippen LogP contribution >= 0.6 is 0 Å². The lowest BCUT2D eigenvalue weighted by molar-refractivity contribution is 0.00837. The number of nitrogens with zero attached hydrogens (tertiary/aromatic N) is 4. The van der Waals surface area contributed by atoms with E-state index >= 15 is 0 Å². The number of carbonyl (C=O) groups excluding carboxylic acids is 1. The molecule has 2 aliphatic heterocycles. The third-order valence-electron chi connectivity index (χ3n) is 6.17. The summed E-state index contributed by atoms with van der Waals surface area (Å²) >= 11 is 0. The molecule has 28 heavy (non-hydrogen) atoms. The number of hydrogen-bond donors (Lipinski definition) is 1. The molecule has 2 unspecified atom stereocenters. The van der Waals surface area contributed by atoms with Gasteiger partial charge < -0.3 is 15.0 Å². The molecule has 2 bridgehead atoms. The molecule has 3 heterocycles. The van der Waals surface area contributed by atoms with Gasteiger partial charge in [0, 0.05) is 43.2 Å². The van der Waals surface area contributed by atoms with E-state index in [-0.39, 0.29) is 11.9 Å². The minimum Gasteiger partial charge on any atom is -0.380 e. The van der Waals surface area contributed by atoms with Gasteiger partial charge >= 0.3 is 0 Å². The fourth-order valence-electron chi connectivity index (χ4n) is 4.72. The van der Waals surface area contributed by atoms with Crippen molar-refractivity contribution in [1.29, 1.82) is 0 Å². The van der Waals surface area contributed by atoms with Crippen molar-refractivity contribution in [1.82, 2.24) is 24.9 Å². The third-order valence-corrected chi connectivity index (χ3v) is 6.17. The largest absolute Gasteiger partial charge is 0.380 e. The fourth-order valence-corrected chi connectivity index (χ4v) is 4.72. The molecule has 1 aromatic heterocycles. The van der Waals surface area contributed by atoms with E-state index in [0.29, 0.717) is 37.5 Å². The quantitative estimate of drug-likeness (QED) is 0.765. The molecule has 2 aliphatic rings. The lowest BCUT2D eigenvalue weighted by atomic mass is 9.88. The lowest BCUT2D eigenvalue weighted by Crippen LogP contribution is -2.63. The van der Waals surface area contributed by atoms with Crippen LogP contribution in [0.25, 0.3) is 10.9 Å². The predicted octanol–water partition coefficient (Wildman–Crippen LogP) is 1.58. The smallest absolute Gasteiger partial charge is 0.272 e. The van der Waals surface area contributed by atoms with Crippen LogP contribution < -0.4 is 5.32 Å². The number of piperazine rings is 1. The lowest BCUT2D eigenvalue weighted by Gasteiger charge is -2.50. The molecule has 0 spiro atoms. The SMILES string of the molecule is CCOCCn1nc(C(=O)NC2CC3CN(C)CC(C2)N3C)c2ccccc21. The van der Waals surface area contributed by atoms with Crippen molar-refractivity contribution in [2.45, 2.75) is 44.4 Å². The number of aromatic nitrogens is 2. The summed E-state index contributed by atoms with van der Waals surface area (Å²) in [4.78, 5) is 18.0. The predicted molar refractivity (Wildman–Crippen MR) is 110 cm³/mol. The Morgan fingerprint density at radius 1 is 1.21 bits per heavy atom. The number of piperidine rings is 1. The van der Waals surface area contributed by atoms with Gasteiger partial charge in [0.05, 0.1) is 18.7 Å². The highest BCUT2D eigenvalue weighted by atomic mass is 16.5. The summed E-state index contributed by atoms with van der Waals surface area (Å²) in [5.74, 6) is -0.0626. The number of hydrogen-bond acceptors (Lipinski definition) is 5. The maximum absolute atomic E-state index is 13.1. The summed E-state index contributed by atoms with van der Waals surface area (Å²) < 4.78 is 7.36. The third kappa shape index (κ3) is 3.79. The molecule has 152 valence electrons. The van der Waals surface area contributed by atoms with E-state index < -0.39 is 0 Å². The zero-order valence-corrected chi connectivity index (χ0v) is 17.1. The van der Waals surface area contributed by atoms with E-state index in [1.807, 2.05) is 35.9 Å². The topological polar surface area (TPSA) is 62.6 Å². The summed E-state index contributed by atoms with van der Waals surface area (Å²) in [6.45, 7) is 6.03. The highest BCUT2D eigenvalue weighted by Gasteiger charge is 2.38. The summed E-state index contributed by atoms with van der Waals surface area (Å²) in [7, 11) is 4.40. The van der Waals surface area contributed by atoms with Crippen molar-refractivity contribution < 1.29 is 9.53 Å². The number of fused-ring (bicyclic) bond motifs is 3. The summed E-state index contributed by atoms with van der Waals surface area (Å²) in [5, 5.41) is 8.82. The molecule has 1 amide bonds. The Kier molecular flexibility index (Phi) is 5.66. The Morgan fingerprint density at radius 3 is 2.64 bits per heavy atom. The highest BCUT2D eigenvalue weighted by molar-refractivity contribution is 6.05. The number of ether oxygens (including phenoxy) is 1. The first-order valence-electron chi connectivity index (χ1n) is 10.3. The van der Waals surface area contributed by atoms with Gasteiger partial charge in [-0.3, -0.25) is 14.4 Å². The van der Waals surface area contributed by atoms with Gasteiger partial charge in [-0.15, -0.1) is 0 Å². The zero-order valence-electron chi connectivity index (χ0n) is 17.1. The fraction of sp³-hybridized carbons (Fsp3) is 0.619. The van der Waals surface area contributed by atoms with Crippen LogP contribution in [-0.4, -0.2) is 84.0 Å². The van der Waals surface area contributed by atoms with Gasteiger partial charge in [0.25, 0.3) is 5.91 Å². The number of likely N-dealkylation sites (tertiary alicyclic amines) is 1. The average molecular weight is 386 g/mol. The first kappa shape index (κ1) is 19.4. The van der Waals surface area contributed by atoms with Crippen molar-refractivity contribution in [2.75, 3.05) is 40.4 Å². The van der Waals surface area contributed by atoms with Crippen LogP contribution in [0.15, 0.2) is 24.3 Å². The number of likely N-dealkylation sites (N-methyl/N-ethyl adjacent to an activating group) is 2. The van der Waals surface area contributed by atoms with E-state index in [2.05, 4.69) is 34.3 Å². The Balaban J connectivity index is 1.50. The van der Waals surface area contributed by atoms with Gasteiger partial charge in [0.15, 0.2) is 5.69 Å². The molecule has 2 fully saturated rings. The Morgan fingerprint density at radius 2 is 1.93 bits per heavy atom. The van der Waals surface area contributed by atoms with Gasteiger partial charge in [-0.2, -0.15) is 5.10 Å². The number of carbonyl (C=O) groups is 1. The van der Waals surface area contributed by atoms with Crippen molar-refractivity contribution in [2.24, 2.45) is 0 Å². The van der Waals surface area contributed by atoms with E-state index in [9.17, 15) is 4.79 Å². The molecule has 1 aromatic carbocycles. The summed E-state index contributed by atoms with van der Waals surface area (Å²) in [5.41, 5.74) is 1.50. The maximum atomic E-state index is 13.1. The monoisotopic (exact) mass is 385 g/mol. The first-order valence-corrected chi connectivity index (χ1v) is 10.3. The second-order valence-corrected chi connectivity index (χ2v) is 8.12. The van der Waals surface area contributed by atoms with Gasteiger partial charge in [0.1, 0.15) is 0 Å². The van der Waals surface area contributed by atoms with Crippen molar-refractivity contribution in [3.63, 3.8) is 0 Å². The van der Waals surface area contributed by atoms with E-state index in [1.165, 1.54) is 0 Å². The molecule has 0 saturated carbocycles. The molecule has 1 N–H and O–H groups in total. The minimum atomic E-state index is -0.0626. The molecule has 0 aliphatic carbocycles. The average Bonchev–Trinajstić information content (AvgIpc) is 3.03. The second-order valence-electron chi connectivity index (χ2n) is 8.12. The number of amides is 1. The summed E-state index contributed by atoms with van der Waals surface area (Å²) in [6, 6.07) is 9.15. The maximum Gasteiger partial charge on any atom is 0.272 e. The van der Waals surface area contributed by atoms with Crippen molar-refractivity contribution in [3.05, 3.63) is 30.0 Å². The van der Waals surface area contributed by atoms with Crippen molar-refractivity contribution in [3.8, 4) is 0 Å². The molecular formula is C21H31N5O2. The molecule has 2 saturated heterocycles. The number of para-hydroxylation sites is 1. The van der Waals surface area contributed by atoms with Gasteiger partial charge in [0.2, 0.25) is 0 Å². The van der Waals surface area contributed by atoms with Gasteiger partial charge in [-0.05, 0) is 39.9 Å². The van der Waals surface area contributed by atoms with Crippen molar-refractivity contribution >= 4 is 16.8 Å². The van der Waals surface area contributed by atoms with E-state index in [4.69, 9.17) is 4.74 Å². The first-order chi connectivity index (χ1) is 13.6.